The van der Waals surface area contributed by atoms with Gasteiger partial charge in [0.15, 0.2) is 0 Å². The lowest BCUT2D eigenvalue weighted by Crippen LogP contribution is -2.02. The highest BCUT2D eigenvalue weighted by molar-refractivity contribution is 5.56. The normalized spacial score (nSPS) is 9.39. The van der Waals surface area contributed by atoms with Crippen LogP contribution in [0.5, 0.6) is 5.75 Å². The fraction of sp³-hybridized carbons (Fsp3) is 0.167. The van der Waals surface area contributed by atoms with Crippen LogP contribution < -0.4 is 0 Å². The highest BCUT2D eigenvalue weighted by Gasteiger charge is 2.04. The Balaban J connectivity index is 0.000000492. The first-order chi connectivity index (χ1) is 8.72. The lowest BCUT2D eigenvalue weighted by Gasteiger charge is -2.05. The Hall–Kier alpha value is -2.34. The van der Waals surface area contributed by atoms with E-state index < -0.39 is 0 Å². The van der Waals surface area contributed by atoms with Crippen molar-refractivity contribution in [2.24, 2.45) is 0 Å². The number of phenolic OH excluding ortho intramolecular Hbond substituents is 1. The van der Waals surface area contributed by atoms with Crippen LogP contribution in [0.4, 0.5) is 0 Å². The van der Waals surface area contributed by atoms with Crippen LogP contribution in [0.3, 0.4) is 0 Å². The number of hydrogen-bond donors (Lipinski definition) is 3. The third-order valence-electron chi connectivity index (χ3n) is 2.18. The summed E-state index contributed by atoms with van der Waals surface area (Å²) in [5, 5.41) is 24.9. The molecule has 18 heavy (non-hydrogen) atoms. The monoisotopic (exact) mass is 250 g/mol. The number of carbonyl (C=O) groups is 1. The Labute approximate surface area is 104 Å². The molecule has 0 fully saturated rings. The number of imidazole rings is 1. The molecule has 6 heteroatoms. The van der Waals surface area contributed by atoms with Gasteiger partial charge in [-0.2, -0.15) is 0 Å². The van der Waals surface area contributed by atoms with E-state index in [9.17, 15) is 0 Å². The van der Waals surface area contributed by atoms with Crippen LogP contribution in [0.1, 0.15) is 0 Å². The summed E-state index contributed by atoms with van der Waals surface area (Å²) in [6, 6.07) is 6.83. The second-order valence-electron chi connectivity index (χ2n) is 3.32. The summed E-state index contributed by atoms with van der Waals surface area (Å²) in [7, 11) is 0. The van der Waals surface area contributed by atoms with Crippen molar-refractivity contribution in [1.82, 2.24) is 9.55 Å². The summed E-state index contributed by atoms with van der Waals surface area (Å²) >= 11 is 0. The van der Waals surface area contributed by atoms with Crippen LogP contribution in [-0.4, -0.2) is 37.9 Å². The van der Waals surface area contributed by atoms with Crippen molar-refractivity contribution < 1.29 is 20.1 Å². The maximum atomic E-state index is 9.16. The molecule has 2 aromatic rings. The molecule has 0 bridgehead atoms. The van der Waals surface area contributed by atoms with E-state index in [1.807, 2.05) is 10.8 Å². The van der Waals surface area contributed by atoms with Crippen molar-refractivity contribution in [3.63, 3.8) is 0 Å². The molecule has 96 valence electrons. The number of aromatic nitrogens is 2. The molecule has 0 saturated carbocycles. The summed E-state index contributed by atoms with van der Waals surface area (Å²) in [4.78, 5) is 12.6. The summed E-state index contributed by atoms with van der Waals surface area (Å²) in [5.74, 6) is 1.03. The van der Waals surface area contributed by atoms with Crippen LogP contribution in [0.25, 0.3) is 11.4 Å². The molecule has 0 unspecified atom stereocenters. The van der Waals surface area contributed by atoms with Gasteiger partial charge in [0.25, 0.3) is 6.47 Å². The van der Waals surface area contributed by atoms with Crippen molar-refractivity contribution in [2.75, 3.05) is 6.61 Å². The third-order valence-corrected chi connectivity index (χ3v) is 2.18. The molecule has 1 heterocycles. The van der Waals surface area contributed by atoms with Gasteiger partial charge in [0, 0.05) is 24.5 Å². The Morgan fingerprint density at radius 2 is 1.89 bits per heavy atom. The number of hydrogen-bond acceptors (Lipinski definition) is 4. The van der Waals surface area contributed by atoms with Gasteiger partial charge in [-0.15, -0.1) is 0 Å². The van der Waals surface area contributed by atoms with Gasteiger partial charge in [-0.1, -0.05) is 0 Å². The van der Waals surface area contributed by atoms with E-state index in [2.05, 4.69) is 4.98 Å². The lowest BCUT2D eigenvalue weighted by molar-refractivity contribution is -0.122. The Kier molecular flexibility index (Phi) is 5.40. The number of nitrogens with zero attached hydrogens (tertiary/aromatic N) is 2. The number of phenols is 1. The maximum Gasteiger partial charge on any atom is 0.290 e. The Morgan fingerprint density at radius 1 is 1.28 bits per heavy atom. The number of carboxylic acid groups (broad SMARTS) is 1. The molecule has 0 atom stereocenters. The molecule has 3 N–H and O–H groups in total. The summed E-state index contributed by atoms with van der Waals surface area (Å²) in [5.41, 5.74) is 0.922. The van der Waals surface area contributed by atoms with E-state index in [0.717, 1.165) is 11.4 Å². The minimum atomic E-state index is -0.250. The van der Waals surface area contributed by atoms with Gasteiger partial charge in [-0.3, -0.25) is 4.79 Å². The van der Waals surface area contributed by atoms with E-state index in [0.29, 0.717) is 6.54 Å². The number of aromatic hydroxyl groups is 1. The number of aliphatic hydroxyl groups excluding tert-OH is 1. The Bertz CT molecular complexity index is 479. The van der Waals surface area contributed by atoms with Gasteiger partial charge in [0.2, 0.25) is 0 Å². The molecule has 0 aliphatic rings. The second-order valence-corrected chi connectivity index (χ2v) is 3.32. The minimum absolute atomic E-state index is 0.0848. The molecular weight excluding hydrogens is 236 g/mol. The van der Waals surface area contributed by atoms with Crippen LogP contribution in [0, 0.1) is 0 Å². The molecule has 0 saturated heterocycles. The average Bonchev–Trinajstić information content (AvgIpc) is 2.80. The molecule has 2 rings (SSSR count). The molecule has 1 aromatic heterocycles. The van der Waals surface area contributed by atoms with Crippen molar-refractivity contribution in [2.45, 2.75) is 6.54 Å². The zero-order valence-electron chi connectivity index (χ0n) is 9.60. The van der Waals surface area contributed by atoms with Crippen LogP contribution >= 0.6 is 0 Å². The zero-order chi connectivity index (χ0) is 13.4. The zero-order valence-corrected chi connectivity index (χ0v) is 9.60. The first kappa shape index (κ1) is 13.7. The highest BCUT2D eigenvalue weighted by atomic mass is 16.3. The summed E-state index contributed by atoms with van der Waals surface area (Å²) in [6.07, 6.45) is 3.51. The third kappa shape index (κ3) is 3.60. The van der Waals surface area contributed by atoms with Crippen molar-refractivity contribution in [1.29, 1.82) is 0 Å². The van der Waals surface area contributed by atoms with E-state index in [1.165, 1.54) is 0 Å². The standard InChI is InChI=1S/C11H12N2O2.CH2O2/c14-8-7-13-6-5-12-11(13)9-1-3-10(15)4-2-9;2-1-3/h1-6,14-15H,7-8H2;1H,(H,2,3). The van der Waals surface area contributed by atoms with Crippen LogP contribution in [0.2, 0.25) is 0 Å². The predicted octanol–water partition coefficient (Wildman–Crippen LogP) is 0.949. The van der Waals surface area contributed by atoms with Crippen LogP contribution in [0.15, 0.2) is 36.7 Å². The minimum Gasteiger partial charge on any atom is -0.508 e. The first-order valence-corrected chi connectivity index (χ1v) is 5.22. The predicted molar refractivity (Wildman–Crippen MR) is 65.1 cm³/mol. The molecule has 1 aromatic carbocycles. The molecule has 6 nitrogen and oxygen atoms in total. The fourth-order valence-corrected chi connectivity index (χ4v) is 1.47. The largest absolute Gasteiger partial charge is 0.508 e. The molecule has 0 radical (unpaired) electrons. The SMILES string of the molecule is O=CO.OCCn1ccnc1-c1ccc(O)cc1. The molecule has 0 spiro atoms. The summed E-state index contributed by atoms with van der Waals surface area (Å²) in [6.45, 7) is 0.359. The maximum absolute atomic E-state index is 9.16. The van der Waals surface area contributed by atoms with E-state index >= 15 is 0 Å². The van der Waals surface area contributed by atoms with E-state index in [-0.39, 0.29) is 18.8 Å². The van der Waals surface area contributed by atoms with Crippen molar-refractivity contribution in [3.05, 3.63) is 36.7 Å². The van der Waals surface area contributed by atoms with Crippen molar-refractivity contribution in [3.8, 4) is 17.1 Å². The topological polar surface area (TPSA) is 95.6 Å². The number of benzene rings is 1. The smallest absolute Gasteiger partial charge is 0.290 e. The Morgan fingerprint density at radius 3 is 2.44 bits per heavy atom. The molecular formula is C12H14N2O4. The van der Waals surface area contributed by atoms with Gasteiger partial charge in [0.1, 0.15) is 11.6 Å². The quantitative estimate of drug-likeness (QED) is 0.705. The summed E-state index contributed by atoms with van der Waals surface area (Å²) < 4.78 is 1.87. The van der Waals surface area contributed by atoms with Crippen LogP contribution in [-0.2, 0) is 11.3 Å². The van der Waals surface area contributed by atoms with E-state index in [4.69, 9.17) is 20.1 Å². The molecule has 0 aliphatic carbocycles. The van der Waals surface area contributed by atoms with Crippen molar-refractivity contribution >= 4 is 6.47 Å². The van der Waals surface area contributed by atoms with Gasteiger partial charge in [-0.25, -0.2) is 4.98 Å². The van der Waals surface area contributed by atoms with Gasteiger partial charge in [-0.05, 0) is 24.3 Å². The number of aliphatic hydroxyl groups is 1. The lowest BCUT2D eigenvalue weighted by atomic mass is 10.2. The number of rotatable bonds is 3. The average molecular weight is 250 g/mol. The van der Waals surface area contributed by atoms with Gasteiger partial charge >= 0.3 is 0 Å². The highest BCUT2D eigenvalue weighted by Crippen LogP contribution is 2.19. The van der Waals surface area contributed by atoms with Gasteiger partial charge in [0.05, 0.1) is 6.61 Å². The molecule has 0 aliphatic heterocycles. The second kappa shape index (κ2) is 7.08. The van der Waals surface area contributed by atoms with E-state index in [1.54, 1.807) is 30.5 Å². The first-order valence-electron chi connectivity index (χ1n) is 5.22. The van der Waals surface area contributed by atoms with Gasteiger partial charge < -0.3 is 19.9 Å². The molecule has 0 amide bonds. The fourth-order valence-electron chi connectivity index (χ4n) is 1.47.